The van der Waals surface area contributed by atoms with Gasteiger partial charge in [0.25, 0.3) is 0 Å². The van der Waals surface area contributed by atoms with Crippen LogP contribution in [0.25, 0.3) is 0 Å². The molecule has 0 aliphatic rings. The Labute approximate surface area is 111 Å². The molecular formula is C16H25NO. The van der Waals surface area contributed by atoms with Gasteiger partial charge < -0.3 is 5.32 Å². The molecule has 1 aromatic rings. The number of hydrogen-bond acceptors (Lipinski definition) is 1. The van der Waals surface area contributed by atoms with Crippen LogP contribution in [0.1, 0.15) is 58.2 Å². The van der Waals surface area contributed by atoms with E-state index >= 15 is 0 Å². The molecule has 0 fully saturated rings. The molecular weight excluding hydrogens is 222 g/mol. The van der Waals surface area contributed by atoms with Crippen molar-refractivity contribution in [3.8, 4) is 0 Å². The lowest BCUT2D eigenvalue weighted by molar-refractivity contribution is -0.123. The second-order valence-corrected chi connectivity index (χ2v) is 6.12. The van der Waals surface area contributed by atoms with Gasteiger partial charge in [-0.15, -0.1) is 0 Å². The fraction of sp³-hybridized carbons (Fsp3) is 0.562. The van der Waals surface area contributed by atoms with Gasteiger partial charge in [-0.1, -0.05) is 52.0 Å². The van der Waals surface area contributed by atoms with E-state index in [1.165, 1.54) is 5.56 Å². The minimum atomic E-state index is 0.0376. The van der Waals surface area contributed by atoms with Crippen LogP contribution in [0.3, 0.4) is 0 Å². The maximum absolute atomic E-state index is 11.9. The Balaban J connectivity index is 2.59. The van der Waals surface area contributed by atoms with Crippen LogP contribution in [-0.2, 0) is 11.2 Å². The van der Waals surface area contributed by atoms with Crippen LogP contribution in [0.15, 0.2) is 24.3 Å². The van der Waals surface area contributed by atoms with Crippen molar-refractivity contribution in [3.63, 3.8) is 0 Å². The number of carbonyl (C=O) groups excluding carboxylic acids is 1. The largest absolute Gasteiger partial charge is 0.350 e. The summed E-state index contributed by atoms with van der Waals surface area (Å²) in [5.74, 6) is 0.120. The van der Waals surface area contributed by atoms with Crippen LogP contribution in [0.4, 0.5) is 0 Å². The molecule has 1 unspecified atom stereocenters. The van der Waals surface area contributed by atoms with E-state index in [0.717, 1.165) is 12.0 Å². The van der Waals surface area contributed by atoms with Crippen LogP contribution >= 0.6 is 0 Å². The van der Waals surface area contributed by atoms with Gasteiger partial charge in [-0.25, -0.2) is 0 Å². The van der Waals surface area contributed by atoms with E-state index in [0.29, 0.717) is 6.42 Å². The maximum Gasteiger partial charge on any atom is 0.220 e. The standard InChI is InChI=1S/C16H25NO/c1-6-13-7-9-14(10-8-13)12(2)17-15(18)11-16(3,4)5/h7-10,12H,6,11H2,1-5H3,(H,17,18). The second-order valence-electron chi connectivity index (χ2n) is 6.12. The number of aryl methyl sites for hydroxylation is 1. The molecule has 0 saturated carbocycles. The first-order chi connectivity index (χ1) is 8.31. The Kier molecular flexibility index (Phi) is 4.94. The molecule has 1 N–H and O–H groups in total. The molecule has 1 rings (SSSR count). The van der Waals surface area contributed by atoms with Crippen molar-refractivity contribution in [2.45, 2.75) is 53.5 Å². The van der Waals surface area contributed by atoms with Crippen LogP contribution in [0.2, 0.25) is 0 Å². The average molecular weight is 247 g/mol. The smallest absolute Gasteiger partial charge is 0.220 e. The summed E-state index contributed by atoms with van der Waals surface area (Å²) < 4.78 is 0. The Bertz CT molecular complexity index is 387. The first kappa shape index (κ1) is 14.7. The van der Waals surface area contributed by atoms with Crippen molar-refractivity contribution in [1.82, 2.24) is 5.32 Å². The lowest BCUT2D eigenvalue weighted by Crippen LogP contribution is -2.29. The number of amides is 1. The van der Waals surface area contributed by atoms with Crippen molar-refractivity contribution in [3.05, 3.63) is 35.4 Å². The molecule has 2 nitrogen and oxygen atoms in total. The summed E-state index contributed by atoms with van der Waals surface area (Å²) in [5.41, 5.74) is 2.53. The highest BCUT2D eigenvalue weighted by Gasteiger charge is 2.17. The molecule has 0 bridgehead atoms. The number of benzene rings is 1. The van der Waals surface area contributed by atoms with Crippen LogP contribution in [0.5, 0.6) is 0 Å². The summed E-state index contributed by atoms with van der Waals surface area (Å²) in [7, 11) is 0. The highest BCUT2D eigenvalue weighted by atomic mass is 16.1. The summed E-state index contributed by atoms with van der Waals surface area (Å²) in [4.78, 5) is 11.9. The molecule has 1 atom stereocenters. The summed E-state index contributed by atoms with van der Waals surface area (Å²) in [6.45, 7) is 10.4. The molecule has 0 heterocycles. The van der Waals surface area contributed by atoms with E-state index in [1.807, 2.05) is 6.92 Å². The third-order valence-corrected chi connectivity index (χ3v) is 2.96. The first-order valence-corrected chi connectivity index (χ1v) is 6.70. The number of carbonyl (C=O) groups is 1. The molecule has 2 heteroatoms. The van der Waals surface area contributed by atoms with Crippen LogP contribution < -0.4 is 5.32 Å². The molecule has 18 heavy (non-hydrogen) atoms. The normalized spacial score (nSPS) is 13.2. The van der Waals surface area contributed by atoms with Crippen molar-refractivity contribution >= 4 is 5.91 Å². The van der Waals surface area contributed by atoms with Crippen LogP contribution in [0, 0.1) is 5.41 Å². The third kappa shape index (κ3) is 4.91. The van der Waals surface area contributed by atoms with E-state index in [9.17, 15) is 4.79 Å². The van der Waals surface area contributed by atoms with Gasteiger partial charge in [-0.2, -0.15) is 0 Å². The molecule has 1 aromatic carbocycles. The summed E-state index contributed by atoms with van der Waals surface area (Å²) in [6, 6.07) is 8.52. The zero-order valence-electron chi connectivity index (χ0n) is 12.2. The molecule has 1 amide bonds. The monoisotopic (exact) mass is 247 g/mol. The molecule has 0 aliphatic carbocycles. The lowest BCUT2D eigenvalue weighted by atomic mass is 9.91. The average Bonchev–Trinajstić information content (AvgIpc) is 2.26. The fourth-order valence-corrected chi connectivity index (χ4v) is 1.90. The quantitative estimate of drug-likeness (QED) is 0.860. The summed E-state index contributed by atoms with van der Waals surface area (Å²) in [5, 5.41) is 3.05. The van der Waals surface area contributed by atoms with Gasteiger partial charge in [0, 0.05) is 6.42 Å². The zero-order valence-corrected chi connectivity index (χ0v) is 12.2. The molecule has 0 spiro atoms. The zero-order chi connectivity index (χ0) is 13.8. The van der Waals surface area contributed by atoms with E-state index < -0.39 is 0 Å². The van der Waals surface area contributed by atoms with Gasteiger partial charge in [0.2, 0.25) is 5.91 Å². The minimum absolute atomic E-state index is 0.0376. The van der Waals surface area contributed by atoms with E-state index in [2.05, 4.69) is 57.3 Å². The Hall–Kier alpha value is -1.31. The van der Waals surface area contributed by atoms with Gasteiger partial charge >= 0.3 is 0 Å². The van der Waals surface area contributed by atoms with Gasteiger partial charge in [-0.05, 0) is 29.9 Å². The van der Waals surface area contributed by atoms with E-state index in [4.69, 9.17) is 0 Å². The van der Waals surface area contributed by atoms with Crippen molar-refractivity contribution in [2.24, 2.45) is 5.41 Å². The molecule has 0 aromatic heterocycles. The highest BCUT2D eigenvalue weighted by molar-refractivity contribution is 5.77. The number of nitrogens with one attached hydrogen (secondary N) is 1. The van der Waals surface area contributed by atoms with Crippen molar-refractivity contribution < 1.29 is 4.79 Å². The molecule has 0 radical (unpaired) electrons. The fourth-order valence-electron chi connectivity index (χ4n) is 1.90. The number of rotatable bonds is 4. The first-order valence-electron chi connectivity index (χ1n) is 6.70. The van der Waals surface area contributed by atoms with Gasteiger partial charge in [-0.3, -0.25) is 4.79 Å². The molecule has 0 aliphatic heterocycles. The van der Waals surface area contributed by atoms with Crippen LogP contribution in [-0.4, -0.2) is 5.91 Å². The Morgan fingerprint density at radius 2 is 1.78 bits per heavy atom. The summed E-state index contributed by atoms with van der Waals surface area (Å²) in [6.07, 6.45) is 1.61. The highest BCUT2D eigenvalue weighted by Crippen LogP contribution is 2.20. The Morgan fingerprint density at radius 1 is 1.22 bits per heavy atom. The second kappa shape index (κ2) is 6.03. The third-order valence-electron chi connectivity index (χ3n) is 2.96. The Morgan fingerprint density at radius 3 is 2.22 bits per heavy atom. The molecule has 100 valence electrons. The summed E-state index contributed by atoms with van der Waals surface area (Å²) >= 11 is 0. The lowest BCUT2D eigenvalue weighted by Gasteiger charge is -2.20. The predicted molar refractivity (Wildman–Crippen MR) is 76.4 cm³/mol. The van der Waals surface area contributed by atoms with E-state index in [-0.39, 0.29) is 17.4 Å². The van der Waals surface area contributed by atoms with Gasteiger partial charge in [0.1, 0.15) is 0 Å². The topological polar surface area (TPSA) is 29.1 Å². The minimum Gasteiger partial charge on any atom is -0.350 e. The predicted octanol–water partition coefficient (Wildman–Crippen LogP) is 3.86. The van der Waals surface area contributed by atoms with Crippen molar-refractivity contribution in [1.29, 1.82) is 0 Å². The van der Waals surface area contributed by atoms with Crippen molar-refractivity contribution in [2.75, 3.05) is 0 Å². The van der Waals surface area contributed by atoms with Gasteiger partial charge in [0.15, 0.2) is 0 Å². The van der Waals surface area contributed by atoms with E-state index in [1.54, 1.807) is 0 Å². The SMILES string of the molecule is CCc1ccc(C(C)NC(=O)CC(C)(C)C)cc1. The maximum atomic E-state index is 11.9. The van der Waals surface area contributed by atoms with Gasteiger partial charge in [0.05, 0.1) is 6.04 Å². The number of hydrogen-bond donors (Lipinski definition) is 1. The molecule has 0 saturated heterocycles.